The molecule has 1 fully saturated rings. The smallest absolute Gasteiger partial charge is 0.160 e. The Morgan fingerprint density at radius 3 is 2.30 bits per heavy atom. The van der Waals surface area contributed by atoms with E-state index in [2.05, 4.69) is 10.2 Å². The molecule has 4 rings (SSSR count). The van der Waals surface area contributed by atoms with Crippen molar-refractivity contribution in [1.29, 1.82) is 0 Å². The van der Waals surface area contributed by atoms with Crippen LogP contribution in [0.25, 0.3) is 0 Å². The molecule has 1 unspecified atom stereocenters. The molecular formula is C27H29F3N2O. The monoisotopic (exact) mass is 454 g/mol. The fourth-order valence-corrected chi connectivity index (χ4v) is 4.41. The first-order valence-corrected chi connectivity index (χ1v) is 11.5. The van der Waals surface area contributed by atoms with Crippen LogP contribution in [0.15, 0.2) is 72.8 Å². The van der Waals surface area contributed by atoms with Gasteiger partial charge in [0, 0.05) is 18.3 Å². The van der Waals surface area contributed by atoms with Gasteiger partial charge in [0.2, 0.25) is 0 Å². The van der Waals surface area contributed by atoms with Crippen LogP contribution in [-0.4, -0.2) is 31.1 Å². The minimum atomic E-state index is -0.884. The average Bonchev–Trinajstić information content (AvgIpc) is 2.84. The second kappa shape index (κ2) is 11.2. The van der Waals surface area contributed by atoms with Crippen LogP contribution < -0.4 is 10.1 Å². The van der Waals surface area contributed by atoms with Crippen LogP contribution in [0.4, 0.5) is 18.9 Å². The minimum absolute atomic E-state index is 0.112. The lowest BCUT2D eigenvalue weighted by Gasteiger charge is -2.37. The molecule has 0 spiro atoms. The molecular weight excluding hydrogens is 425 g/mol. The van der Waals surface area contributed by atoms with Crippen molar-refractivity contribution in [2.45, 2.75) is 25.3 Å². The lowest BCUT2D eigenvalue weighted by molar-refractivity contribution is 0.161. The van der Waals surface area contributed by atoms with E-state index in [1.807, 2.05) is 30.3 Å². The van der Waals surface area contributed by atoms with Crippen molar-refractivity contribution in [2.75, 3.05) is 31.6 Å². The van der Waals surface area contributed by atoms with Crippen molar-refractivity contribution >= 4 is 5.69 Å². The third-order valence-corrected chi connectivity index (χ3v) is 6.21. The van der Waals surface area contributed by atoms with Crippen LogP contribution >= 0.6 is 0 Å². The van der Waals surface area contributed by atoms with E-state index < -0.39 is 11.6 Å². The molecule has 0 aliphatic carbocycles. The zero-order valence-corrected chi connectivity index (χ0v) is 18.5. The number of nitrogens with zero attached hydrogens (tertiary/aromatic N) is 1. The summed E-state index contributed by atoms with van der Waals surface area (Å²) in [7, 11) is 0. The Bertz CT molecular complexity index is 1010. The van der Waals surface area contributed by atoms with Crippen LogP contribution in [0.2, 0.25) is 0 Å². The van der Waals surface area contributed by atoms with Crippen molar-refractivity contribution < 1.29 is 17.9 Å². The van der Waals surface area contributed by atoms with Crippen LogP contribution in [0.3, 0.4) is 0 Å². The van der Waals surface area contributed by atoms with Gasteiger partial charge in [-0.15, -0.1) is 0 Å². The number of ether oxygens (including phenoxy) is 1. The van der Waals surface area contributed by atoms with Gasteiger partial charge in [-0.25, -0.2) is 13.2 Å². The van der Waals surface area contributed by atoms with E-state index in [9.17, 15) is 13.2 Å². The van der Waals surface area contributed by atoms with Gasteiger partial charge in [-0.1, -0.05) is 30.3 Å². The van der Waals surface area contributed by atoms with Crippen LogP contribution in [0, 0.1) is 23.4 Å². The average molecular weight is 455 g/mol. The Hall–Kier alpha value is -2.99. The number of likely N-dealkylation sites (tertiary alicyclic amines) is 1. The molecule has 1 aliphatic heterocycles. The molecule has 3 nitrogen and oxygen atoms in total. The Morgan fingerprint density at radius 2 is 1.61 bits per heavy atom. The number of piperidine rings is 1. The summed E-state index contributed by atoms with van der Waals surface area (Å²) < 4.78 is 46.4. The lowest BCUT2D eigenvalue weighted by atomic mass is 9.85. The van der Waals surface area contributed by atoms with E-state index in [1.54, 1.807) is 12.1 Å². The molecule has 3 aromatic carbocycles. The molecule has 1 aliphatic rings. The number of para-hydroxylation sites is 1. The highest BCUT2D eigenvalue weighted by Crippen LogP contribution is 2.34. The van der Waals surface area contributed by atoms with Crippen molar-refractivity contribution in [2.24, 2.45) is 5.92 Å². The van der Waals surface area contributed by atoms with Crippen molar-refractivity contribution in [3.8, 4) is 5.75 Å². The number of hydrogen-bond acceptors (Lipinski definition) is 3. The summed E-state index contributed by atoms with van der Waals surface area (Å²) >= 11 is 0. The van der Waals surface area contributed by atoms with Crippen molar-refractivity contribution in [3.63, 3.8) is 0 Å². The normalized spacial score (nSPS) is 15.8. The zero-order chi connectivity index (χ0) is 23.0. The third kappa shape index (κ3) is 6.51. The highest BCUT2D eigenvalue weighted by atomic mass is 19.2. The van der Waals surface area contributed by atoms with Gasteiger partial charge < -0.3 is 15.0 Å². The van der Waals surface area contributed by atoms with Gasteiger partial charge in [-0.3, -0.25) is 0 Å². The van der Waals surface area contributed by atoms with E-state index in [-0.39, 0.29) is 11.9 Å². The maximum Gasteiger partial charge on any atom is 0.160 e. The predicted octanol–water partition coefficient (Wildman–Crippen LogP) is 6.44. The first-order chi connectivity index (χ1) is 16.1. The van der Waals surface area contributed by atoms with Gasteiger partial charge >= 0.3 is 0 Å². The summed E-state index contributed by atoms with van der Waals surface area (Å²) in [6.07, 6.45) is 2.87. The molecule has 0 radical (unpaired) electrons. The summed E-state index contributed by atoms with van der Waals surface area (Å²) in [5.41, 5.74) is 1.46. The van der Waals surface area contributed by atoms with Gasteiger partial charge in [0.05, 0.1) is 12.6 Å². The summed E-state index contributed by atoms with van der Waals surface area (Å²) in [6, 6.07) is 20.0. The van der Waals surface area contributed by atoms with Gasteiger partial charge in [-0.2, -0.15) is 0 Å². The lowest BCUT2D eigenvalue weighted by Crippen LogP contribution is -2.38. The summed E-state index contributed by atoms with van der Waals surface area (Å²) in [5.74, 6) is -0.867. The fraction of sp³-hybridized carbons (Fsp3) is 0.333. The molecule has 0 amide bonds. The Morgan fingerprint density at radius 1 is 0.879 bits per heavy atom. The number of nitrogens with one attached hydrogen (secondary N) is 1. The molecule has 1 saturated heterocycles. The standard InChI is InChI=1S/C27H29F3N2O/c28-22-9-7-20(8-10-22)27(31-23-11-12-25(29)26(30)19-23)21-13-16-32(17-14-21)15-4-18-33-24-5-2-1-3-6-24/h1-3,5-12,19,21,27,31H,4,13-18H2. The molecule has 1 N–H and O–H groups in total. The highest BCUT2D eigenvalue weighted by Gasteiger charge is 2.28. The molecule has 1 heterocycles. The van der Waals surface area contributed by atoms with E-state index >= 15 is 0 Å². The van der Waals surface area contributed by atoms with Crippen LogP contribution in [-0.2, 0) is 0 Å². The molecule has 174 valence electrons. The van der Waals surface area contributed by atoms with E-state index in [0.717, 1.165) is 56.3 Å². The van der Waals surface area contributed by atoms with E-state index in [1.165, 1.54) is 24.3 Å². The molecule has 1 atom stereocenters. The molecule has 0 saturated carbocycles. The minimum Gasteiger partial charge on any atom is -0.494 e. The Labute approximate surface area is 193 Å². The number of rotatable bonds is 9. The van der Waals surface area contributed by atoms with Gasteiger partial charge in [0.25, 0.3) is 0 Å². The van der Waals surface area contributed by atoms with Crippen molar-refractivity contribution in [3.05, 3.63) is 95.8 Å². The second-order valence-corrected chi connectivity index (χ2v) is 8.50. The highest BCUT2D eigenvalue weighted by molar-refractivity contribution is 5.46. The number of halogens is 3. The Balaban J connectivity index is 1.33. The first-order valence-electron chi connectivity index (χ1n) is 11.5. The first kappa shape index (κ1) is 23.2. The van der Waals surface area contributed by atoms with Crippen LogP contribution in [0.1, 0.15) is 30.9 Å². The second-order valence-electron chi connectivity index (χ2n) is 8.50. The quantitative estimate of drug-likeness (QED) is 0.377. The molecule has 33 heavy (non-hydrogen) atoms. The molecule has 6 heteroatoms. The number of benzene rings is 3. The summed E-state index contributed by atoms with van der Waals surface area (Å²) in [6.45, 7) is 3.55. The van der Waals surface area contributed by atoms with Gasteiger partial charge in [0.1, 0.15) is 11.6 Å². The largest absolute Gasteiger partial charge is 0.494 e. The number of hydrogen-bond donors (Lipinski definition) is 1. The molecule has 0 bridgehead atoms. The molecule has 3 aromatic rings. The maximum absolute atomic E-state index is 13.8. The van der Waals surface area contributed by atoms with E-state index in [4.69, 9.17) is 4.74 Å². The van der Waals surface area contributed by atoms with Gasteiger partial charge in [-0.05, 0) is 80.2 Å². The van der Waals surface area contributed by atoms with E-state index in [0.29, 0.717) is 18.2 Å². The summed E-state index contributed by atoms with van der Waals surface area (Å²) in [5, 5.41) is 3.37. The van der Waals surface area contributed by atoms with Crippen molar-refractivity contribution in [1.82, 2.24) is 4.90 Å². The zero-order valence-electron chi connectivity index (χ0n) is 18.5. The van der Waals surface area contributed by atoms with Gasteiger partial charge in [0.15, 0.2) is 11.6 Å². The molecule has 0 aromatic heterocycles. The topological polar surface area (TPSA) is 24.5 Å². The SMILES string of the molecule is Fc1ccc(C(Nc2ccc(F)c(F)c2)C2CCN(CCCOc3ccccc3)CC2)cc1. The third-order valence-electron chi connectivity index (χ3n) is 6.21. The van der Waals surface area contributed by atoms with Crippen LogP contribution in [0.5, 0.6) is 5.75 Å². The Kier molecular flexibility index (Phi) is 7.89. The summed E-state index contributed by atoms with van der Waals surface area (Å²) in [4.78, 5) is 2.43. The number of anilines is 1. The predicted molar refractivity (Wildman–Crippen MR) is 125 cm³/mol. The maximum atomic E-state index is 13.8. The fourth-order valence-electron chi connectivity index (χ4n) is 4.41.